The van der Waals surface area contributed by atoms with Gasteiger partial charge in [-0.05, 0) is 25.0 Å². The van der Waals surface area contributed by atoms with Crippen LogP contribution in [0.1, 0.15) is 32.3 Å². The molecule has 4 nitrogen and oxygen atoms in total. The molecule has 1 rings (SSSR count). The maximum atomic E-state index is 11.8. The van der Waals surface area contributed by atoms with Gasteiger partial charge in [0, 0.05) is 20.6 Å². The van der Waals surface area contributed by atoms with E-state index in [9.17, 15) is 14.7 Å². The topological polar surface area (TPSA) is 63.6 Å². The zero-order valence-electron chi connectivity index (χ0n) is 11.6. The summed E-state index contributed by atoms with van der Waals surface area (Å²) < 4.78 is 4.66. The number of ether oxygens (including phenoxy) is 1. The minimum Gasteiger partial charge on any atom is -0.391 e. The van der Waals surface area contributed by atoms with Crippen molar-refractivity contribution >= 4 is 46.7 Å². The maximum absolute atomic E-state index is 11.8. The van der Waals surface area contributed by atoms with Gasteiger partial charge in [-0.1, -0.05) is 48.7 Å². The lowest BCUT2D eigenvalue weighted by Crippen LogP contribution is -2.40. The first kappa shape index (κ1) is 18.2. The van der Waals surface area contributed by atoms with E-state index in [1.807, 2.05) is 0 Å². The van der Waals surface area contributed by atoms with Gasteiger partial charge in [0.15, 0.2) is 5.60 Å². The van der Waals surface area contributed by atoms with Crippen LogP contribution in [0.4, 0.5) is 0 Å². The van der Waals surface area contributed by atoms with Gasteiger partial charge >= 0.3 is 11.9 Å². The molecule has 0 radical (unpaired) electrons. The Kier molecular flexibility index (Phi) is 6.47. The van der Waals surface area contributed by atoms with Crippen molar-refractivity contribution in [3.05, 3.63) is 32.8 Å². The van der Waals surface area contributed by atoms with Crippen LogP contribution in [-0.2, 0) is 20.7 Å². The van der Waals surface area contributed by atoms with Crippen LogP contribution in [0.3, 0.4) is 0 Å². The van der Waals surface area contributed by atoms with E-state index in [4.69, 9.17) is 34.8 Å². The van der Waals surface area contributed by atoms with Crippen molar-refractivity contribution in [1.82, 2.24) is 0 Å². The standard InChI is InChI=1S/C14H15Cl3O4/c1-3-14(20,4-2)13(19)21-12(18)7-9-10(16)5-8(15)6-11(9)17/h5-6,20H,3-4,7H2,1-2H3. The van der Waals surface area contributed by atoms with E-state index >= 15 is 0 Å². The zero-order valence-corrected chi connectivity index (χ0v) is 13.8. The molecule has 0 aromatic heterocycles. The largest absolute Gasteiger partial charge is 0.391 e. The van der Waals surface area contributed by atoms with Crippen molar-refractivity contribution in [2.75, 3.05) is 0 Å². The van der Waals surface area contributed by atoms with Crippen LogP contribution in [0.15, 0.2) is 12.1 Å². The smallest absolute Gasteiger partial charge is 0.345 e. The first-order valence-corrected chi connectivity index (χ1v) is 7.47. The summed E-state index contributed by atoms with van der Waals surface area (Å²) in [5.74, 6) is -1.81. The molecule has 0 aliphatic rings. The fourth-order valence-electron chi connectivity index (χ4n) is 1.66. The molecule has 0 fully saturated rings. The highest BCUT2D eigenvalue weighted by Crippen LogP contribution is 2.29. The van der Waals surface area contributed by atoms with Crippen LogP contribution in [0.5, 0.6) is 0 Å². The minimum absolute atomic E-state index is 0.151. The predicted molar refractivity (Wildman–Crippen MR) is 81.8 cm³/mol. The van der Waals surface area contributed by atoms with Gasteiger partial charge < -0.3 is 9.84 Å². The van der Waals surface area contributed by atoms with Gasteiger partial charge in [-0.2, -0.15) is 0 Å². The minimum atomic E-state index is -1.66. The lowest BCUT2D eigenvalue weighted by atomic mass is 9.98. The van der Waals surface area contributed by atoms with Crippen LogP contribution in [-0.4, -0.2) is 22.6 Å². The Morgan fingerprint density at radius 1 is 1.14 bits per heavy atom. The molecule has 1 aromatic carbocycles. The van der Waals surface area contributed by atoms with Crippen molar-refractivity contribution in [2.24, 2.45) is 0 Å². The van der Waals surface area contributed by atoms with Crippen LogP contribution in [0, 0.1) is 0 Å². The molecule has 1 aromatic rings. The monoisotopic (exact) mass is 352 g/mol. The number of hydrogen-bond donors (Lipinski definition) is 1. The third kappa shape index (κ3) is 4.58. The number of halogens is 3. The summed E-state index contributed by atoms with van der Waals surface area (Å²) in [5.41, 5.74) is -1.35. The summed E-state index contributed by atoms with van der Waals surface area (Å²) in [5, 5.41) is 10.7. The average Bonchev–Trinajstić information content (AvgIpc) is 2.41. The number of hydrogen-bond acceptors (Lipinski definition) is 4. The SMILES string of the molecule is CCC(O)(CC)C(=O)OC(=O)Cc1c(Cl)cc(Cl)cc1Cl. The molecule has 7 heteroatoms. The maximum Gasteiger partial charge on any atom is 0.345 e. The molecule has 0 bridgehead atoms. The second-order valence-electron chi connectivity index (χ2n) is 4.52. The fraction of sp³-hybridized carbons (Fsp3) is 0.429. The molecule has 116 valence electrons. The Balaban J connectivity index is 2.82. The lowest BCUT2D eigenvalue weighted by molar-refractivity contribution is -0.174. The number of carbonyl (C=O) groups is 2. The number of esters is 2. The van der Waals surface area contributed by atoms with Gasteiger partial charge in [0.2, 0.25) is 0 Å². The molecule has 0 heterocycles. The first-order valence-electron chi connectivity index (χ1n) is 6.34. The Morgan fingerprint density at radius 2 is 1.62 bits per heavy atom. The van der Waals surface area contributed by atoms with E-state index in [-0.39, 0.29) is 29.3 Å². The van der Waals surface area contributed by atoms with Gasteiger partial charge in [0.05, 0.1) is 6.42 Å². The molecular weight excluding hydrogens is 339 g/mol. The van der Waals surface area contributed by atoms with Gasteiger partial charge in [0.1, 0.15) is 0 Å². The quantitative estimate of drug-likeness (QED) is 0.646. The summed E-state index contributed by atoms with van der Waals surface area (Å²) >= 11 is 17.7. The van der Waals surface area contributed by atoms with E-state index in [0.717, 1.165) is 0 Å². The second-order valence-corrected chi connectivity index (χ2v) is 5.78. The van der Waals surface area contributed by atoms with Crippen molar-refractivity contribution in [1.29, 1.82) is 0 Å². The molecule has 21 heavy (non-hydrogen) atoms. The van der Waals surface area contributed by atoms with E-state index < -0.39 is 17.5 Å². The van der Waals surface area contributed by atoms with Gasteiger partial charge in [-0.15, -0.1) is 0 Å². The molecule has 0 aliphatic heterocycles. The lowest BCUT2D eigenvalue weighted by Gasteiger charge is -2.21. The number of rotatable bonds is 5. The van der Waals surface area contributed by atoms with Crippen molar-refractivity contribution < 1.29 is 19.4 Å². The van der Waals surface area contributed by atoms with Crippen LogP contribution >= 0.6 is 34.8 Å². The predicted octanol–water partition coefficient (Wildman–Crippen LogP) is 3.81. The Bertz CT molecular complexity index is 530. The summed E-state index contributed by atoms with van der Waals surface area (Å²) in [6.45, 7) is 3.25. The highest BCUT2D eigenvalue weighted by atomic mass is 35.5. The summed E-state index contributed by atoms with van der Waals surface area (Å²) in [6, 6.07) is 2.88. The average molecular weight is 354 g/mol. The second kappa shape index (κ2) is 7.45. The van der Waals surface area contributed by atoms with Crippen LogP contribution in [0.25, 0.3) is 0 Å². The van der Waals surface area contributed by atoms with E-state index in [1.165, 1.54) is 12.1 Å². The number of benzene rings is 1. The normalized spacial score (nSPS) is 11.3. The number of carbonyl (C=O) groups excluding carboxylic acids is 2. The first-order chi connectivity index (χ1) is 9.73. The van der Waals surface area contributed by atoms with Gasteiger partial charge in [-0.25, -0.2) is 4.79 Å². The van der Waals surface area contributed by atoms with E-state index in [2.05, 4.69) is 4.74 Å². The van der Waals surface area contributed by atoms with Gasteiger partial charge in [-0.3, -0.25) is 4.79 Å². The van der Waals surface area contributed by atoms with Gasteiger partial charge in [0.25, 0.3) is 0 Å². The molecule has 1 N–H and O–H groups in total. The molecule has 0 aliphatic carbocycles. The van der Waals surface area contributed by atoms with Crippen molar-refractivity contribution in [3.8, 4) is 0 Å². The Hall–Kier alpha value is -0.810. The fourth-order valence-corrected chi connectivity index (χ4v) is 2.61. The Morgan fingerprint density at radius 3 is 2.05 bits per heavy atom. The molecule has 0 amide bonds. The third-order valence-electron chi connectivity index (χ3n) is 3.18. The van der Waals surface area contributed by atoms with Crippen LogP contribution in [0.2, 0.25) is 15.1 Å². The summed E-state index contributed by atoms with van der Waals surface area (Å²) in [7, 11) is 0. The highest BCUT2D eigenvalue weighted by Gasteiger charge is 2.35. The van der Waals surface area contributed by atoms with Crippen molar-refractivity contribution in [2.45, 2.75) is 38.7 Å². The molecule has 0 spiro atoms. The highest BCUT2D eigenvalue weighted by molar-refractivity contribution is 6.39. The third-order valence-corrected chi connectivity index (χ3v) is 4.08. The van der Waals surface area contributed by atoms with E-state index in [0.29, 0.717) is 10.6 Å². The zero-order chi connectivity index (χ0) is 16.2. The van der Waals surface area contributed by atoms with Crippen LogP contribution < -0.4 is 0 Å². The molecule has 0 atom stereocenters. The van der Waals surface area contributed by atoms with Crippen molar-refractivity contribution in [3.63, 3.8) is 0 Å². The molecular formula is C14H15Cl3O4. The summed E-state index contributed by atoms with van der Waals surface area (Å²) in [4.78, 5) is 23.6. The number of aliphatic hydroxyl groups is 1. The Labute approximate surface area is 137 Å². The molecule has 0 saturated heterocycles. The van der Waals surface area contributed by atoms with E-state index in [1.54, 1.807) is 13.8 Å². The summed E-state index contributed by atoms with van der Waals surface area (Å²) in [6.07, 6.45) is 0.0141. The molecule has 0 unspecified atom stereocenters. The molecule has 0 saturated carbocycles.